The first-order valence-electron chi connectivity index (χ1n) is 12.2. The van der Waals surface area contributed by atoms with Gasteiger partial charge in [0.25, 0.3) is 5.91 Å². The van der Waals surface area contributed by atoms with Crippen molar-refractivity contribution in [2.24, 2.45) is 5.73 Å². The predicted octanol–water partition coefficient (Wildman–Crippen LogP) is 4.10. The van der Waals surface area contributed by atoms with Crippen molar-refractivity contribution in [2.45, 2.75) is 44.2 Å². The van der Waals surface area contributed by atoms with Crippen LogP contribution in [0.2, 0.25) is 5.02 Å². The van der Waals surface area contributed by atoms with E-state index in [4.69, 9.17) is 17.3 Å². The number of carbonyl (C=O) groups is 3. The van der Waals surface area contributed by atoms with Crippen molar-refractivity contribution >= 4 is 46.1 Å². The molecule has 37 heavy (non-hydrogen) atoms. The Morgan fingerprint density at radius 3 is 2.62 bits per heavy atom. The van der Waals surface area contributed by atoms with Crippen LogP contribution in [0.5, 0.6) is 0 Å². The van der Waals surface area contributed by atoms with Gasteiger partial charge in [0.2, 0.25) is 5.91 Å². The van der Waals surface area contributed by atoms with E-state index in [0.717, 1.165) is 11.1 Å². The molecule has 0 atom stereocenters. The maximum atomic E-state index is 14.1. The first-order chi connectivity index (χ1) is 17.8. The highest BCUT2D eigenvalue weighted by atomic mass is 35.5. The predicted molar refractivity (Wildman–Crippen MR) is 137 cm³/mol. The molecule has 2 aliphatic rings. The van der Waals surface area contributed by atoms with Gasteiger partial charge in [-0.25, -0.2) is 4.79 Å². The summed E-state index contributed by atoms with van der Waals surface area (Å²) in [6, 6.07) is 7.01. The van der Waals surface area contributed by atoms with Crippen molar-refractivity contribution in [2.75, 3.05) is 24.7 Å². The van der Waals surface area contributed by atoms with Crippen LogP contribution in [0.25, 0.3) is 10.9 Å². The number of piperidine rings is 1. The number of carbonyl (C=O) groups excluding carboxylic acids is 2. The highest BCUT2D eigenvalue weighted by molar-refractivity contribution is 6.31. The third-order valence-electron chi connectivity index (χ3n) is 7.60. The number of hydrogen-bond acceptors (Lipinski definition) is 4. The number of primary amides is 1. The van der Waals surface area contributed by atoms with Crippen LogP contribution in [0.15, 0.2) is 36.7 Å². The minimum atomic E-state index is -1.00. The van der Waals surface area contributed by atoms with Crippen LogP contribution in [-0.2, 0) is 23.3 Å². The summed E-state index contributed by atoms with van der Waals surface area (Å²) in [4.78, 5) is 45.5. The number of alkyl halides is 1. The van der Waals surface area contributed by atoms with Crippen LogP contribution in [0.1, 0.15) is 47.3 Å². The maximum absolute atomic E-state index is 14.1. The van der Waals surface area contributed by atoms with E-state index in [9.17, 15) is 23.9 Å². The van der Waals surface area contributed by atoms with Gasteiger partial charge in [-0.1, -0.05) is 11.6 Å². The normalized spacial score (nSPS) is 16.5. The zero-order chi connectivity index (χ0) is 26.3. The van der Waals surface area contributed by atoms with E-state index in [0.29, 0.717) is 54.0 Å². The maximum Gasteiger partial charge on any atom is 0.407 e. The number of nitrogens with two attached hydrogens (primary N) is 1. The number of hydrogen-bond donors (Lipinski definition) is 2. The smallest absolute Gasteiger partial charge is 0.407 e. The van der Waals surface area contributed by atoms with Crippen LogP contribution in [-0.4, -0.2) is 57.2 Å². The summed E-state index contributed by atoms with van der Waals surface area (Å²) in [5, 5.41) is 10.4. The number of aryl methyl sites for hydroxylation is 1. The largest absolute Gasteiger partial charge is 0.465 e. The standard InChI is InChI=1S/C26H27ClFN5O4/c27-16-3-4-19-17(13-16)22(23(29)34)21(32(19)10-2-1-8-28)15-33-20-14-30-9-5-18(20)26(24(33)35)6-11-31(12-7-26)25(36)37/h3-5,9,13-14H,1-2,6-8,10-12,15H2,(H2,29,34)(H,36,37). The Kier molecular flexibility index (Phi) is 6.53. The fraction of sp³-hybridized carbons (Fsp3) is 0.385. The second-order valence-electron chi connectivity index (χ2n) is 9.53. The molecule has 11 heteroatoms. The molecule has 4 heterocycles. The Hall–Kier alpha value is -3.66. The summed E-state index contributed by atoms with van der Waals surface area (Å²) in [5.74, 6) is -0.802. The molecular formula is C26H27ClFN5O4. The molecule has 3 amide bonds. The van der Waals surface area contributed by atoms with Crippen molar-refractivity contribution in [3.05, 3.63) is 58.5 Å². The number of aromatic nitrogens is 2. The number of likely N-dealkylation sites (tertiary alicyclic amines) is 1. The minimum Gasteiger partial charge on any atom is -0.465 e. The quantitative estimate of drug-likeness (QED) is 0.448. The van der Waals surface area contributed by atoms with Crippen LogP contribution >= 0.6 is 11.6 Å². The number of nitrogens with zero attached hydrogens (tertiary/aromatic N) is 4. The molecule has 3 N–H and O–H groups in total. The van der Waals surface area contributed by atoms with Crippen molar-refractivity contribution in [3.63, 3.8) is 0 Å². The molecule has 0 bridgehead atoms. The number of amides is 3. The lowest BCUT2D eigenvalue weighted by atomic mass is 9.74. The number of benzene rings is 1. The molecule has 9 nitrogen and oxygen atoms in total. The van der Waals surface area contributed by atoms with E-state index in [2.05, 4.69) is 4.98 Å². The van der Waals surface area contributed by atoms with E-state index >= 15 is 0 Å². The van der Waals surface area contributed by atoms with E-state index in [1.54, 1.807) is 35.5 Å². The highest BCUT2D eigenvalue weighted by Crippen LogP contribution is 2.48. The molecule has 5 rings (SSSR count). The topological polar surface area (TPSA) is 122 Å². The fourth-order valence-electron chi connectivity index (χ4n) is 5.80. The summed E-state index contributed by atoms with van der Waals surface area (Å²) in [5.41, 5.74) is 7.97. The zero-order valence-corrected chi connectivity index (χ0v) is 20.9. The molecule has 0 saturated carbocycles. The molecule has 2 aliphatic heterocycles. The van der Waals surface area contributed by atoms with Crippen LogP contribution in [0.3, 0.4) is 0 Å². The molecule has 0 unspecified atom stereocenters. The van der Waals surface area contributed by atoms with Crippen LogP contribution in [0.4, 0.5) is 14.9 Å². The summed E-state index contributed by atoms with van der Waals surface area (Å²) in [6.45, 7) is 0.520. The highest BCUT2D eigenvalue weighted by Gasteiger charge is 2.52. The Morgan fingerprint density at radius 1 is 1.19 bits per heavy atom. The monoisotopic (exact) mass is 527 g/mol. The molecule has 0 radical (unpaired) electrons. The molecule has 1 fully saturated rings. The first kappa shape index (κ1) is 25.0. The molecular weight excluding hydrogens is 501 g/mol. The van der Waals surface area contributed by atoms with E-state index in [1.807, 2.05) is 10.6 Å². The van der Waals surface area contributed by atoms with Gasteiger partial charge in [0, 0.05) is 41.8 Å². The molecule has 0 aliphatic carbocycles. The minimum absolute atomic E-state index is 0.0577. The number of carboxylic acid groups (broad SMARTS) is 1. The second-order valence-corrected chi connectivity index (χ2v) is 9.97. The number of anilines is 1. The lowest BCUT2D eigenvalue weighted by Crippen LogP contribution is -2.49. The van der Waals surface area contributed by atoms with Gasteiger partial charge in [-0.2, -0.15) is 0 Å². The summed E-state index contributed by atoms with van der Waals surface area (Å²) >= 11 is 6.25. The Morgan fingerprint density at radius 2 is 1.95 bits per heavy atom. The zero-order valence-electron chi connectivity index (χ0n) is 20.1. The van der Waals surface area contributed by atoms with Crippen molar-refractivity contribution in [1.82, 2.24) is 14.5 Å². The van der Waals surface area contributed by atoms with Gasteiger partial charge in [-0.05, 0) is 55.5 Å². The van der Waals surface area contributed by atoms with Gasteiger partial charge in [0.1, 0.15) is 0 Å². The molecule has 2 aromatic heterocycles. The van der Waals surface area contributed by atoms with Gasteiger partial charge in [0.15, 0.2) is 0 Å². The van der Waals surface area contributed by atoms with Gasteiger partial charge >= 0.3 is 6.09 Å². The fourth-order valence-corrected chi connectivity index (χ4v) is 5.97. The molecule has 1 spiro atoms. The Balaban J connectivity index is 1.60. The van der Waals surface area contributed by atoms with E-state index in [-0.39, 0.29) is 31.1 Å². The lowest BCUT2D eigenvalue weighted by molar-refractivity contribution is -0.124. The van der Waals surface area contributed by atoms with Gasteiger partial charge < -0.3 is 25.2 Å². The molecule has 194 valence electrons. The molecule has 1 aromatic carbocycles. The summed E-state index contributed by atoms with van der Waals surface area (Å²) < 4.78 is 14.8. The summed E-state index contributed by atoms with van der Waals surface area (Å²) in [7, 11) is 0. The van der Waals surface area contributed by atoms with Crippen molar-refractivity contribution in [3.8, 4) is 0 Å². The number of pyridine rings is 1. The average Bonchev–Trinajstić information content (AvgIpc) is 3.30. The second kappa shape index (κ2) is 9.66. The number of fused-ring (bicyclic) bond motifs is 3. The van der Waals surface area contributed by atoms with Gasteiger partial charge in [-0.3, -0.25) is 19.0 Å². The van der Waals surface area contributed by atoms with E-state index < -0.39 is 24.1 Å². The SMILES string of the molecule is NC(=O)c1c(CN2C(=O)C3(CCN(C(=O)O)CC3)c3ccncc32)n(CCCCF)c2ccc(Cl)cc12. The van der Waals surface area contributed by atoms with Crippen molar-refractivity contribution < 1.29 is 23.9 Å². The average molecular weight is 528 g/mol. The Bertz CT molecular complexity index is 1400. The third kappa shape index (κ3) is 4.09. The first-order valence-corrected chi connectivity index (χ1v) is 12.6. The number of halogens is 2. The van der Waals surface area contributed by atoms with Gasteiger partial charge in [0.05, 0.1) is 41.8 Å². The molecule has 3 aromatic rings. The van der Waals surface area contributed by atoms with Crippen LogP contribution < -0.4 is 10.6 Å². The third-order valence-corrected chi connectivity index (χ3v) is 7.84. The van der Waals surface area contributed by atoms with E-state index in [1.165, 1.54) is 4.90 Å². The molecule has 1 saturated heterocycles. The number of unbranched alkanes of at least 4 members (excludes halogenated alkanes) is 1. The summed E-state index contributed by atoms with van der Waals surface area (Å²) in [6.07, 6.45) is 3.85. The van der Waals surface area contributed by atoms with Crippen molar-refractivity contribution in [1.29, 1.82) is 0 Å². The number of rotatable bonds is 7. The van der Waals surface area contributed by atoms with Gasteiger partial charge in [-0.15, -0.1) is 0 Å². The Labute approximate surface area is 217 Å². The van der Waals surface area contributed by atoms with Crippen LogP contribution in [0, 0.1) is 0 Å². The lowest BCUT2D eigenvalue weighted by Gasteiger charge is -2.37.